The molecule has 2 amide bonds. The van der Waals surface area contributed by atoms with Crippen molar-refractivity contribution in [2.75, 3.05) is 58.4 Å². The summed E-state index contributed by atoms with van der Waals surface area (Å²) in [7, 11) is 3.23. The Morgan fingerprint density at radius 2 is 2.11 bits per heavy atom. The standard InChI is InChI=1S/C20H25N7O7S2/c1-25-3-5-26(6-4-25)12-8-35-18-20(9-34-10-28,17(32)27(18)14(12)16(30)31)23-15(29)13(24-33-2)11-7-36-19(21)22-11/h7,10,18H,3-6,8-9H2,1-2H3,(H2,21,22)(H,23,29)(H,30,31)/t18-,20?/m0/s1. The summed E-state index contributed by atoms with van der Waals surface area (Å²) < 4.78 is 4.92. The third-order valence-electron chi connectivity index (χ3n) is 6.11. The van der Waals surface area contributed by atoms with E-state index in [1.54, 1.807) is 0 Å². The third-order valence-corrected chi connectivity index (χ3v) is 8.16. The smallest absolute Gasteiger partial charge is 0.354 e. The zero-order chi connectivity index (χ0) is 26.0. The number of nitrogens with zero attached hydrogens (tertiary/aromatic N) is 5. The second-order valence-electron chi connectivity index (χ2n) is 8.26. The van der Waals surface area contributed by atoms with Crippen LogP contribution in [0, 0.1) is 0 Å². The van der Waals surface area contributed by atoms with E-state index in [0.717, 1.165) is 29.3 Å². The molecule has 0 spiro atoms. The first-order valence-corrected chi connectivity index (χ1v) is 12.7. The number of carbonyl (C=O) groups excluding carboxylic acids is 3. The van der Waals surface area contributed by atoms with Crippen LogP contribution in [0.3, 0.4) is 0 Å². The van der Waals surface area contributed by atoms with Crippen LogP contribution in [0.15, 0.2) is 21.9 Å². The molecule has 1 aromatic heterocycles. The zero-order valence-electron chi connectivity index (χ0n) is 19.5. The van der Waals surface area contributed by atoms with E-state index < -0.39 is 35.3 Å². The molecule has 14 nitrogen and oxygen atoms in total. The second kappa shape index (κ2) is 10.3. The molecule has 36 heavy (non-hydrogen) atoms. The molecule has 16 heteroatoms. The number of piperazine rings is 1. The maximum absolute atomic E-state index is 13.5. The van der Waals surface area contributed by atoms with E-state index in [9.17, 15) is 24.3 Å². The molecule has 1 unspecified atom stereocenters. The van der Waals surface area contributed by atoms with Crippen LogP contribution < -0.4 is 11.1 Å². The topological polar surface area (TPSA) is 180 Å². The van der Waals surface area contributed by atoms with Crippen molar-refractivity contribution < 1.29 is 33.9 Å². The lowest BCUT2D eigenvalue weighted by atomic mass is 9.86. The Morgan fingerprint density at radius 1 is 1.39 bits per heavy atom. The van der Waals surface area contributed by atoms with E-state index in [4.69, 9.17) is 15.3 Å². The van der Waals surface area contributed by atoms with Gasteiger partial charge in [-0.15, -0.1) is 23.1 Å². The van der Waals surface area contributed by atoms with E-state index in [1.165, 1.54) is 24.3 Å². The van der Waals surface area contributed by atoms with E-state index in [-0.39, 0.29) is 28.7 Å². The molecule has 4 N–H and O–H groups in total. The van der Waals surface area contributed by atoms with Crippen LogP contribution in [0.5, 0.6) is 0 Å². The van der Waals surface area contributed by atoms with E-state index >= 15 is 0 Å². The molecule has 194 valence electrons. The van der Waals surface area contributed by atoms with Crippen LogP contribution in [-0.2, 0) is 28.8 Å². The van der Waals surface area contributed by atoms with Crippen LogP contribution in [0.1, 0.15) is 5.69 Å². The fraction of sp³-hybridized carbons (Fsp3) is 0.500. The number of anilines is 1. The monoisotopic (exact) mass is 539 g/mol. The summed E-state index contributed by atoms with van der Waals surface area (Å²) in [4.78, 5) is 64.2. The first-order valence-electron chi connectivity index (χ1n) is 10.8. The molecule has 2 fully saturated rings. The number of nitrogens with one attached hydrogen (secondary N) is 1. The molecule has 1 aromatic rings. The van der Waals surface area contributed by atoms with E-state index in [0.29, 0.717) is 24.5 Å². The number of ether oxygens (including phenoxy) is 1. The number of β-lactam (4-membered cyclic amide) rings is 1. The fourth-order valence-corrected chi connectivity index (χ4v) is 6.38. The van der Waals surface area contributed by atoms with Crippen molar-refractivity contribution in [1.82, 2.24) is 25.0 Å². The van der Waals surface area contributed by atoms with Crippen molar-refractivity contribution in [3.05, 3.63) is 22.5 Å². The number of nitrogen functional groups attached to an aromatic ring is 1. The van der Waals surface area contributed by atoms with Gasteiger partial charge in [-0.1, -0.05) is 5.16 Å². The molecule has 0 aliphatic carbocycles. The predicted molar refractivity (Wildman–Crippen MR) is 130 cm³/mol. The number of aromatic nitrogens is 1. The van der Waals surface area contributed by atoms with Crippen molar-refractivity contribution in [1.29, 1.82) is 0 Å². The lowest BCUT2D eigenvalue weighted by molar-refractivity contribution is -0.164. The highest BCUT2D eigenvalue weighted by atomic mass is 32.2. The van der Waals surface area contributed by atoms with Gasteiger partial charge in [-0.2, -0.15) is 0 Å². The number of fused-ring (bicyclic) bond motifs is 1. The van der Waals surface area contributed by atoms with Gasteiger partial charge >= 0.3 is 5.97 Å². The highest BCUT2D eigenvalue weighted by molar-refractivity contribution is 8.00. The van der Waals surface area contributed by atoms with Crippen molar-refractivity contribution in [2.45, 2.75) is 10.9 Å². The summed E-state index contributed by atoms with van der Waals surface area (Å²) >= 11 is 2.36. The summed E-state index contributed by atoms with van der Waals surface area (Å²) in [6.45, 7) is 2.43. The van der Waals surface area contributed by atoms with Crippen LogP contribution in [0.2, 0.25) is 0 Å². The van der Waals surface area contributed by atoms with Gasteiger partial charge in [-0.05, 0) is 7.05 Å². The summed E-state index contributed by atoms with van der Waals surface area (Å²) in [6, 6.07) is 0. The van der Waals surface area contributed by atoms with Crippen LogP contribution in [0.4, 0.5) is 5.13 Å². The second-order valence-corrected chi connectivity index (χ2v) is 10.2. The Hall–Kier alpha value is -3.37. The van der Waals surface area contributed by atoms with E-state index in [2.05, 4.69) is 20.4 Å². The SMILES string of the molecule is CON=C(C(=O)NC1(COC=O)C(=O)N2C(C(=O)O)=C(N3CCN(C)CC3)CS[C@H]21)c1csc(N)n1. The van der Waals surface area contributed by atoms with E-state index in [1.807, 2.05) is 11.9 Å². The Kier molecular flexibility index (Phi) is 7.37. The number of oxime groups is 1. The molecular weight excluding hydrogens is 514 g/mol. The quantitative estimate of drug-likeness (QED) is 0.144. The number of carboxylic acids is 1. The molecule has 0 aromatic carbocycles. The molecule has 2 saturated heterocycles. The first kappa shape index (κ1) is 25.7. The molecular formula is C20H25N7O7S2. The van der Waals surface area contributed by atoms with Crippen molar-refractivity contribution >= 4 is 58.2 Å². The van der Waals surface area contributed by atoms with Gasteiger partial charge in [0, 0.05) is 37.3 Å². The Morgan fingerprint density at radius 3 is 2.69 bits per heavy atom. The molecule has 0 radical (unpaired) electrons. The number of hydrogen-bond acceptors (Lipinski definition) is 13. The van der Waals surface area contributed by atoms with Crippen LogP contribution >= 0.6 is 23.1 Å². The zero-order valence-corrected chi connectivity index (χ0v) is 21.1. The minimum absolute atomic E-state index is 0.131. The van der Waals surface area contributed by atoms with Gasteiger partial charge in [-0.3, -0.25) is 19.3 Å². The Labute approximate surface area is 214 Å². The Bertz CT molecular complexity index is 1130. The van der Waals surface area contributed by atoms with Gasteiger partial charge in [0.25, 0.3) is 18.3 Å². The number of carboxylic acid groups (broad SMARTS) is 1. The fourth-order valence-electron chi connectivity index (χ4n) is 4.33. The molecule has 0 saturated carbocycles. The van der Waals surface area contributed by atoms with Crippen LogP contribution in [-0.4, -0.2) is 118 Å². The average Bonchev–Trinajstić information content (AvgIpc) is 3.29. The molecule has 4 rings (SSSR count). The van der Waals surface area contributed by atoms with Crippen molar-refractivity contribution in [3.63, 3.8) is 0 Å². The molecule has 3 aliphatic heterocycles. The number of thiazole rings is 1. The third kappa shape index (κ3) is 4.46. The number of likely N-dealkylation sites (N-methyl/N-ethyl adjacent to an activating group) is 1. The lowest BCUT2D eigenvalue weighted by Gasteiger charge is -2.57. The van der Waals surface area contributed by atoms with Crippen molar-refractivity contribution in [2.24, 2.45) is 5.16 Å². The number of hydrogen-bond donors (Lipinski definition) is 3. The van der Waals surface area contributed by atoms with Crippen LogP contribution in [0.25, 0.3) is 0 Å². The highest BCUT2D eigenvalue weighted by Crippen LogP contribution is 2.47. The van der Waals surface area contributed by atoms with Gasteiger partial charge < -0.3 is 35.5 Å². The average molecular weight is 540 g/mol. The van der Waals surface area contributed by atoms with Gasteiger partial charge in [0.1, 0.15) is 24.8 Å². The minimum atomic E-state index is -1.72. The highest BCUT2D eigenvalue weighted by Gasteiger charge is 2.66. The molecule has 2 atom stereocenters. The van der Waals surface area contributed by atoms with Crippen molar-refractivity contribution in [3.8, 4) is 0 Å². The number of amides is 2. The van der Waals surface area contributed by atoms with Gasteiger partial charge in [0.15, 0.2) is 22.1 Å². The number of thioether (sulfide) groups is 1. The number of aliphatic carboxylic acids is 1. The molecule has 4 heterocycles. The Balaban J connectivity index is 1.65. The molecule has 3 aliphatic rings. The normalized spacial score (nSPS) is 24.7. The maximum Gasteiger partial charge on any atom is 0.354 e. The number of nitrogens with two attached hydrogens (primary N) is 1. The first-order chi connectivity index (χ1) is 17.2. The van der Waals surface area contributed by atoms with Gasteiger partial charge in [0.05, 0.1) is 5.70 Å². The summed E-state index contributed by atoms with van der Waals surface area (Å²) in [6.07, 6.45) is 0. The largest absolute Gasteiger partial charge is 0.477 e. The maximum atomic E-state index is 13.5. The number of carbonyl (C=O) groups is 4. The van der Waals surface area contributed by atoms with Gasteiger partial charge in [-0.25, -0.2) is 9.78 Å². The predicted octanol–water partition coefficient (Wildman–Crippen LogP) is -1.44. The summed E-state index contributed by atoms with van der Waals surface area (Å²) in [5.41, 5.74) is 4.25. The lowest BCUT2D eigenvalue weighted by Crippen LogP contribution is -2.82. The molecule has 0 bridgehead atoms. The van der Waals surface area contributed by atoms with Gasteiger partial charge in [0.2, 0.25) is 0 Å². The minimum Gasteiger partial charge on any atom is -0.477 e. The summed E-state index contributed by atoms with van der Waals surface area (Å²) in [5, 5.41) is 17.2. The summed E-state index contributed by atoms with van der Waals surface area (Å²) in [5.74, 6) is -2.50. The number of rotatable bonds is 9.